The zero-order chi connectivity index (χ0) is 24.9. The molecule has 0 unspecified atom stereocenters. The molecular formula is C28H31ClN4O3. The van der Waals surface area contributed by atoms with Crippen LogP contribution in [0, 0.1) is 5.92 Å². The van der Waals surface area contributed by atoms with E-state index in [-0.39, 0.29) is 23.3 Å². The Morgan fingerprint density at radius 1 is 1.22 bits per heavy atom. The molecule has 2 N–H and O–H groups in total. The summed E-state index contributed by atoms with van der Waals surface area (Å²) in [7, 11) is 0. The first kappa shape index (κ1) is 23.8. The molecule has 1 saturated carbocycles. The van der Waals surface area contributed by atoms with Crippen molar-refractivity contribution in [3.63, 3.8) is 0 Å². The molecule has 3 aromatic rings. The van der Waals surface area contributed by atoms with Gasteiger partial charge in [0.05, 0.1) is 24.9 Å². The minimum atomic E-state index is -0.449. The van der Waals surface area contributed by atoms with Gasteiger partial charge in [-0.1, -0.05) is 17.7 Å². The lowest BCUT2D eigenvalue weighted by Crippen LogP contribution is -2.56. The van der Waals surface area contributed by atoms with Gasteiger partial charge in [0, 0.05) is 34.9 Å². The Balaban J connectivity index is 1.15. The number of ether oxygens (including phenoxy) is 1. The fourth-order valence-corrected chi connectivity index (χ4v) is 6.21. The first-order valence-corrected chi connectivity index (χ1v) is 13.1. The fraction of sp³-hybridized carbons (Fsp3) is 0.464. The molecule has 4 heterocycles. The maximum atomic E-state index is 12.8. The monoisotopic (exact) mass is 506 g/mol. The highest BCUT2D eigenvalue weighted by Gasteiger charge is 2.45. The highest BCUT2D eigenvalue weighted by atomic mass is 35.5. The van der Waals surface area contributed by atoms with Crippen molar-refractivity contribution >= 4 is 34.1 Å². The van der Waals surface area contributed by atoms with Crippen LogP contribution in [0.1, 0.15) is 49.1 Å². The average Bonchev–Trinajstić information content (AvgIpc) is 3.63. The highest BCUT2D eigenvalue weighted by Crippen LogP contribution is 2.47. The molecule has 1 aliphatic carbocycles. The second-order valence-electron chi connectivity index (χ2n) is 10.7. The van der Waals surface area contributed by atoms with E-state index in [4.69, 9.17) is 16.3 Å². The second kappa shape index (κ2) is 9.38. The molecule has 1 aromatic carbocycles. The lowest BCUT2D eigenvalue weighted by Gasteiger charge is -2.43. The van der Waals surface area contributed by atoms with Crippen molar-refractivity contribution in [3.8, 4) is 0 Å². The van der Waals surface area contributed by atoms with E-state index >= 15 is 0 Å². The van der Waals surface area contributed by atoms with Gasteiger partial charge < -0.3 is 15.2 Å². The Labute approximate surface area is 215 Å². The third kappa shape index (κ3) is 4.39. The van der Waals surface area contributed by atoms with E-state index < -0.39 is 6.10 Å². The van der Waals surface area contributed by atoms with Crippen molar-refractivity contribution in [3.05, 3.63) is 65.1 Å². The molecule has 3 fully saturated rings. The predicted molar refractivity (Wildman–Crippen MR) is 139 cm³/mol. The van der Waals surface area contributed by atoms with Crippen LogP contribution in [0.25, 0.3) is 10.8 Å². The number of aliphatic hydroxyl groups is 1. The second-order valence-corrected chi connectivity index (χ2v) is 11.1. The SMILES string of the molecule is C[C@]1(N2CCC(c3cc4cc(NC(=O)[C@@H]5C[C@H]5c5cccnc5)ncc4cc3Cl)CC2)COC[C@H]1O. The standard InChI is InChI=1S/C28H31ClN4O3/c1-28(16-36-15-25(28)34)33-7-4-17(5-8-33)22-9-19-11-26(31-14-20(19)10-24(22)29)32-27(35)23-12-21(23)18-3-2-6-30-13-18/h2-3,6,9-11,13-14,17,21,23,25,34H,4-5,7-8,12,15-16H2,1H3,(H,31,32,35)/t21-,23+,25+,28-/m0/s1. The minimum absolute atomic E-state index is 0.00355. The molecule has 1 amide bonds. The zero-order valence-corrected chi connectivity index (χ0v) is 21.1. The Kier molecular flexibility index (Phi) is 6.20. The predicted octanol–water partition coefficient (Wildman–Crippen LogP) is 4.35. The smallest absolute Gasteiger partial charge is 0.229 e. The Hall–Kier alpha value is -2.58. The number of amides is 1. The molecule has 8 heteroatoms. The number of fused-ring (bicyclic) bond motifs is 1. The number of pyridine rings is 2. The maximum Gasteiger partial charge on any atom is 0.229 e. The number of carbonyl (C=O) groups is 1. The molecule has 2 aromatic heterocycles. The molecule has 2 saturated heterocycles. The third-order valence-corrected chi connectivity index (χ3v) is 8.70. The molecule has 7 nitrogen and oxygen atoms in total. The first-order valence-electron chi connectivity index (χ1n) is 12.7. The summed E-state index contributed by atoms with van der Waals surface area (Å²) in [5, 5.41) is 16.2. The van der Waals surface area contributed by atoms with E-state index in [1.807, 2.05) is 30.5 Å². The number of nitrogens with one attached hydrogen (secondary N) is 1. The van der Waals surface area contributed by atoms with Gasteiger partial charge in [-0.05, 0) is 91.9 Å². The number of aromatic nitrogens is 2. The van der Waals surface area contributed by atoms with Crippen molar-refractivity contribution in [2.45, 2.75) is 49.7 Å². The molecule has 0 radical (unpaired) electrons. The number of piperidine rings is 1. The molecule has 2 aliphatic heterocycles. The minimum Gasteiger partial charge on any atom is -0.389 e. The van der Waals surface area contributed by atoms with Crippen molar-refractivity contribution < 1.29 is 14.6 Å². The number of nitrogens with zero attached hydrogens (tertiary/aromatic N) is 3. The molecule has 6 rings (SSSR count). The van der Waals surface area contributed by atoms with Crippen molar-refractivity contribution in [1.82, 2.24) is 14.9 Å². The van der Waals surface area contributed by atoms with E-state index in [9.17, 15) is 9.90 Å². The zero-order valence-electron chi connectivity index (χ0n) is 20.4. The van der Waals surface area contributed by atoms with Crippen molar-refractivity contribution in [1.29, 1.82) is 0 Å². The van der Waals surface area contributed by atoms with Gasteiger partial charge in [0.25, 0.3) is 0 Å². The van der Waals surface area contributed by atoms with Crippen LogP contribution in [-0.2, 0) is 9.53 Å². The van der Waals surface area contributed by atoms with Crippen LogP contribution in [0.5, 0.6) is 0 Å². The summed E-state index contributed by atoms with van der Waals surface area (Å²) >= 11 is 6.72. The molecule has 188 valence electrons. The Bertz CT molecular complexity index is 1280. The summed E-state index contributed by atoms with van der Waals surface area (Å²) in [5.41, 5.74) is 1.94. The van der Waals surface area contributed by atoms with E-state index in [2.05, 4.69) is 33.2 Å². The normalized spacial score (nSPS) is 28.9. The van der Waals surface area contributed by atoms with Crippen molar-refractivity contribution in [2.24, 2.45) is 5.92 Å². The number of benzene rings is 1. The molecule has 36 heavy (non-hydrogen) atoms. The van der Waals surface area contributed by atoms with Gasteiger partial charge in [0.15, 0.2) is 0 Å². The average molecular weight is 507 g/mol. The van der Waals surface area contributed by atoms with Gasteiger partial charge in [-0.3, -0.25) is 14.7 Å². The van der Waals surface area contributed by atoms with Gasteiger partial charge in [0.1, 0.15) is 5.82 Å². The maximum absolute atomic E-state index is 12.8. The van der Waals surface area contributed by atoms with Crippen molar-refractivity contribution in [2.75, 3.05) is 31.6 Å². The van der Waals surface area contributed by atoms with E-state index in [1.165, 1.54) is 0 Å². The lowest BCUT2D eigenvalue weighted by molar-refractivity contribution is -0.117. The number of rotatable bonds is 5. The van der Waals surface area contributed by atoms with Gasteiger partial charge in [0.2, 0.25) is 5.91 Å². The Morgan fingerprint density at radius 3 is 2.78 bits per heavy atom. The molecular weight excluding hydrogens is 476 g/mol. The topological polar surface area (TPSA) is 87.6 Å². The van der Waals surface area contributed by atoms with Crippen LogP contribution in [0.2, 0.25) is 5.02 Å². The van der Waals surface area contributed by atoms with Crippen LogP contribution in [0.3, 0.4) is 0 Å². The van der Waals surface area contributed by atoms with Gasteiger partial charge in [-0.15, -0.1) is 0 Å². The largest absolute Gasteiger partial charge is 0.389 e. The highest BCUT2D eigenvalue weighted by molar-refractivity contribution is 6.32. The van der Waals surface area contributed by atoms with Crippen LogP contribution in [-0.4, -0.2) is 63.8 Å². The summed E-state index contributed by atoms with van der Waals surface area (Å²) in [6, 6.07) is 10.0. The van der Waals surface area contributed by atoms with Crippen LogP contribution < -0.4 is 5.32 Å². The van der Waals surface area contributed by atoms with E-state index in [0.717, 1.165) is 59.3 Å². The van der Waals surface area contributed by atoms with E-state index in [1.54, 1.807) is 12.4 Å². The molecule has 0 spiro atoms. The number of likely N-dealkylation sites (tertiary alicyclic amines) is 1. The van der Waals surface area contributed by atoms with Gasteiger partial charge in [-0.25, -0.2) is 4.98 Å². The summed E-state index contributed by atoms with van der Waals surface area (Å²) in [6.45, 7) is 4.86. The number of carbonyl (C=O) groups excluding carboxylic acids is 1. The molecule has 4 atom stereocenters. The fourth-order valence-electron chi connectivity index (χ4n) is 5.89. The Morgan fingerprint density at radius 2 is 2.06 bits per heavy atom. The van der Waals surface area contributed by atoms with Crippen LogP contribution in [0.15, 0.2) is 48.9 Å². The molecule has 0 bridgehead atoms. The number of halogens is 1. The third-order valence-electron chi connectivity index (χ3n) is 8.37. The summed E-state index contributed by atoms with van der Waals surface area (Å²) in [4.78, 5) is 23.8. The summed E-state index contributed by atoms with van der Waals surface area (Å²) in [6.07, 6.45) is 7.70. The summed E-state index contributed by atoms with van der Waals surface area (Å²) in [5.74, 6) is 1.11. The number of hydrogen-bond acceptors (Lipinski definition) is 6. The number of anilines is 1. The van der Waals surface area contributed by atoms with E-state index in [0.29, 0.717) is 24.9 Å². The first-order chi connectivity index (χ1) is 17.4. The lowest BCUT2D eigenvalue weighted by atomic mass is 9.85. The number of aliphatic hydroxyl groups excluding tert-OH is 1. The van der Waals surface area contributed by atoms with Crippen LogP contribution in [0.4, 0.5) is 5.82 Å². The van der Waals surface area contributed by atoms with Gasteiger partial charge in [-0.2, -0.15) is 0 Å². The van der Waals surface area contributed by atoms with Gasteiger partial charge >= 0.3 is 0 Å². The number of hydrogen-bond donors (Lipinski definition) is 2. The summed E-state index contributed by atoms with van der Waals surface area (Å²) < 4.78 is 5.54. The van der Waals surface area contributed by atoms with Crippen LogP contribution >= 0.6 is 11.6 Å². The molecule has 3 aliphatic rings. The quantitative estimate of drug-likeness (QED) is 0.535.